The van der Waals surface area contributed by atoms with E-state index >= 15 is 0 Å². The van der Waals surface area contributed by atoms with Gasteiger partial charge in [-0.2, -0.15) is 0 Å². The fourth-order valence-corrected chi connectivity index (χ4v) is 4.61. The van der Waals surface area contributed by atoms with Crippen LogP contribution in [0.2, 0.25) is 0 Å². The van der Waals surface area contributed by atoms with Crippen LogP contribution in [0, 0.1) is 0 Å². The van der Waals surface area contributed by atoms with E-state index in [0.29, 0.717) is 6.54 Å². The third kappa shape index (κ3) is 5.33. The van der Waals surface area contributed by atoms with E-state index in [9.17, 15) is 4.79 Å². The molecular formula is C25H34N4O. The molecular weight excluding hydrogens is 372 g/mol. The Kier molecular flexibility index (Phi) is 6.90. The van der Waals surface area contributed by atoms with E-state index in [1.165, 1.54) is 49.0 Å². The number of rotatable bonds is 7. The molecule has 2 aliphatic rings. The number of amides is 1. The van der Waals surface area contributed by atoms with Gasteiger partial charge in [0.05, 0.1) is 6.54 Å². The van der Waals surface area contributed by atoms with Crippen molar-refractivity contribution in [2.24, 2.45) is 0 Å². The highest BCUT2D eigenvalue weighted by Crippen LogP contribution is 2.25. The molecule has 2 aliphatic heterocycles. The monoisotopic (exact) mass is 406 g/mol. The van der Waals surface area contributed by atoms with Gasteiger partial charge in [-0.05, 0) is 75.0 Å². The lowest BCUT2D eigenvalue weighted by atomic mass is 10.1. The third-order valence-electron chi connectivity index (χ3n) is 6.16. The smallest absolute Gasteiger partial charge is 0.238 e. The summed E-state index contributed by atoms with van der Waals surface area (Å²) < 4.78 is 0. The average Bonchev–Trinajstić information content (AvgIpc) is 3.30. The standard InChI is InChI=1S/C25H34N4O/c1-27(19-21-9-3-4-10-24(21)29-17-7-8-18-29)20-25(30)26-22-11-13-23(14-12-22)28-15-5-2-6-16-28/h3-4,9-14H,2,5-8,15-20H2,1H3,(H,26,30). The number of hydrogen-bond acceptors (Lipinski definition) is 4. The zero-order valence-corrected chi connectivity index (χ0v) is 18.1. The Morgan fingerprint density at radius 2 is 1.50 bits per heavy atom. The molecule has 0 unspecified atom stereocenters. The molecule has 2 aromatic carbocycles. The molecule has 5 heteroatoms. The maximum atomic E-state index is 12.6. The minimum atomic E-state index is 0.0295. The Bertz CT molecular complexity index is 823. The fraction of sp³-hybridized carbons (Fsp3) is 0.480. The van der Waals surface area contributed by atoms with E-state index in [0.717, 1.165) is 38.4 Å². The van der Waals surface area contributed by atoms with Gasteiger partial charge in [0.1, 0.15) is 0 Å². The molecule has 5 nitrogen and oxygen atoms in total. The number of piperidine rings is 1. The summed E-state index contributed by atoms with van der Waals surface area (Å²) in [6, 6.07) is 16.9. The van der Waals surface area contributed by atoms with Crippen molar-refractivity contribution in [2.45, 2.75) is 38.6 Å². The Hall–Kier alpha value is -2.53. The van der Waals surface area contributed by atoms with Gasteiger partial charge >= 0.3 is 0 Å². The van der Waals surface area contributed by atoms with Crippen molar-refractivity contribution in [3.8, 4) is 0 Å². The summed E-state index contributed by atoms with van der Waals surface area (Å²) in [6.07, 6.45) is 6.41. The summed E-state index contributed by atoms with van der Waals surface area (Å²) in [5.41, 5.74) is 4.73. The molecule has 4 rings (SSSR count). The summed E-state index contributed by atoms with van der Waals surface area (Å²) in [6.45, 7) is 5.68. The average molecular weight is 407 g/mol. The van der Waals surface area contributed by atoms with Gasteiger partial charge in [-0.15, -0.1) is 0 Å². The zero-order valence-electron chi connectivity index (χ0n) is 18.1. The molecule has 160 valence electrons. The van der Waals surface area contributed by atoms with Crippen LogP contribution in [-0.2, 0) is 11.3 Å². The molecule has 0 spiro atoms. The molecule has 2 fully saturated rings. The van der Waals surface area contributed by atoms with E-state index in [4.69, 9.17) is 0 Å². The first-order valence-corrected chi connectivity index (χ1v) is 11.4. The van der Waals surface area contributed by atoms with E-state index in [1.807, 2.05) is 19.2 Å². The van der Waals surface area contributed by atoms with Crippen LogP contribution in [0.5, 0.6) is 0 Å². The van der Waals surface area contributed by atoms with Crippen LogP contribution in [-0.4, -0.2) is 50.6 Å². The first-order valence-electron chi connectivity index (χ1n) is 11.4. The third-order valence-corrected chi connectivity index (χ3v) is 6.16. The summed E-state index contributed by atoms with van der Waals surface area (Å²) in [4.78, 5) is 19.6. The molecule has 0 bridgehead atoms. The lowest BCUT2D eigenvalue weighted by molar-refractivity contribution is -0.117. The van der Waals surface area contributed by atoms with Gasteiger partial charge in [-0.1, -0.05) is 18.2 Å². The molecule has 1 N–H and O–H groups in total. The molecule has 0 radical (unpaired) electrons. The predicted molar refractivity (Wildman–Crippen MR) is 125 cm³/mol. The molecule has 1 amide bonds. The number of carbonyl (C=O) groups excluding carboxylic acids is 1. The Morgan fingerprint density at radius 3 is 2.23 bits per heavy atom. The molecule has 0 aromatic heterocycles. The number of para-hydroxylation sites is 1. The van der Waals surface area contributed by atoms with Crippen molar-refractivity contribution in [1.29, 1.82) is 0 Å². The second kappa shape index (κ2) is 9.98. The van der Waals surface area contributed by atoms with Crippen LogP contribution in [0.15, 0.2) is 48.5 Å². The van der Waals surface area contributed by atoms with Crippen molar-refractivity contribution in [3.63, 3.8) is 0 Å². The van der Waals surface area contributed by atoms with E-state index < -0.39 is 0 Å². The number of benzene rings is 2. The van der Waals surface area contributed by atoms with E-state index in [2.05, 4.69) is 56.4 Å². The number of carbonyl (C=O) groups is 1. The number of hydrogen-bond donors (Lipinski definition) is 1. The Morgan fingerprint density at radius 1 is 0.867 bits per heavy atom. The molecule has 0 aliphatic carbocycles. The van der Waals surface area contributed by atoms with Gasteiger partial charge in [0.2, 0.25) is 5.91 Å². The van der Waals surface area contributed by atoms with Crippen LogP contribution < -0.4 is 15.1 Å². The highest BCUT2D eigenvalue weighted by molar-refractivity contribution is 5.92. The minimum absolute atomic E-state index is 0.0295. The van der Waals surface area contributed by atoms with Gasteiger partial charge in [0, 0.05) is 49.8 Å². The van der Waals surface area contributed by atoms with Crippen molar-refractivity contribution in [1.82, 2.24) is 4.90 Å². The molecule has 2 aromatic rings. The van der Waals surface area contributed by atoms with Gasteiger partial charge in [-0.25, -0.2) is 0 Å². The Labute approximate surface area is 180 Å². The van der Waals surface area contributed by atoms with Crippen LogP contribution in [0.4, 0.5) is 17.1 Å². The molecule has 30 heavy (non-hydrogen) atoms. The predicted octanol–water partition coefficient (Wildman–Crippen LogP) is 4.35. The highest BCUT2D eigenvalue weighted by atomic mass is 16.2. The molecule has 0 saturated carbocycles. The summed E-state index contributed by atoms with van der Waals surface area (Å²) in [5.74, 6) is 0.0295. The first-order chi connectivity index (χ1) is 14.7. The largest absolute Gasteiger partial charge is 0.372 e. The first kappa shape index (κ1) is 20.7. The maximum absolute atomic E-state index is 12.6. The SMILES string of the molecule is CN(CC(=O)Nc1ccc(N2CCCCC2)cc1)Cc1ccccc1N1CCCC1. The van der Waals surface area contributed by atoms with Crippen LogP contribution in [0.25, 0.3) is 0 Å². The lowest BCUT2D eigenvalue weighted by Gasteiger charge is -2.28. The minimum Gasteiger partial charge on any atom is -0.372 e. The van der Waals surface area contributed by atoms with E-state index in [-0.39, 0.29) is 5.91 Å². The van der Waals surface area contributed by atoms with Gasteiger partial charge < -0.3 is 15.1 Å². The summed E-state index contributed by atoms with van der Waals surface area (Å²) in [5, 5.41) is 3.05. The zero-order chi connectivity index (χ0) is 20.8. The summed E-state index contributed by atoms with van der Waals surface area (Å²) >= 11 is 0. The number of nitrogens with one attached hydrogen (secondary N) is 1. The normalized spacial score (nSPS) is 16.9. The molecule has 0 atom stereocenters. The van der Waals surface area contributed by atoms with Crippen LogP contribution in [0.1, 0.15) is 37.7 Å². The topological polar surface area (TPSA) is 38.8 Å². The highest BCUT2D eigenvalue weighted by Gasteiger charge is 2.17. The fourth-order valence-electron chi connectivity index (χ4n) is 4.61. The lowest BCUT2D eigenvalue weighted by Crippen LogP contribution is -2.31. The number of anilines is 3. The van der Waals surface area contributed by atoms with Crippen LogP contribution in [0.3, 0.4) is 0 Å². The van der Waals surface area contributed by atoms with Crippen molar-refractivity contribution in [3.05, 3.63) is 54.1 Å². The number of nitrogens with zero attached hydrogens (tertiary/aromatic N) is 3. The van der Waals surface area contributed by atoms with Gasteiger partial charge in [0.25, 0.3) is 0 Å². The maximum Gasteiger partial charge on any atom is 0.238 e. The number of likely N-dealkylation sites (N-methyl/N-ethyl adjacent to an activating group) is 1. The quantitative estimate of drug-likeness (QED) is 0.742. The van der Waals surface area contributed by atoms with Crippen LogP contribution >= 0.6 is 0 Å². The van der Waals surface area contributed by atoms with E-state index in [1.54, 1.807) is 0 Å². The van der Waals surface area contributed by atoms with Crippen molar-refractivity contribution < 1.29 is 4.79 Å². The second-order valence-electron chi connectivity index (χ2n) is 8.64. The Balaban J connectivity index is 1.30. The molecule has 2 heterocycles. The van der Waals surface area contributed by atoms with Crippen molar-refractivity contribution in [2.75, 3.05) is 54.9 Å². The van der Waals surface area contributed by atoms with Gasteiger partial charge in [-0.3, -0.25) is 9.69 Å². The van der Waals surface area contributed by atoms with Gasteiger partial charge in [0.15, 0.2) is 0 Å². The summed E-state index contributed by atoms with van der Waals surface area (Å²) in [7, 11) is 2.01. The van der Waals surface area contributed by atoms with Crippen molar-refractivity contribution >= 4 is 23.0 Å². The molecule has 2 saturated heterocycles. The second-order valence-corrected chi connectivity index (χ2v) is 8.64.